The zero-order valence-corrected chi connectivity index (χ0v) is 14.7. The maximum absolute atomic E-state index is 12.0. The molecule has 0 saturated heterocycles. The summed E-state index contributed by atoms with van der Waals surface area (Å²) >= 11 is 14.8. The number of halogens is 2. The number of thioether (sulfide) groups is 1. The Kier molecular flexibility index (Phi) is 5.22. The molecule has 2 aromatic heterocycles. The predicted molar refractivity (Wildman–Crippen MR) is 95.5 cm³/mol. The van der Waals surface area contributed by atoms with Gasteiger partial charge in [-0.1, -0.05) is 47.1 Å². The number of nitrogens with zero attached hydrogens (tertiary/aromatic N) is 2. The fourth-order valence-electron chi connectivity index (χ4n) is 1.76. The van der Waals surface area contributed by atoms with E-state index in [-0.39, 0.29) is 11.7 Å². The first-order chi connectivity index (χ1) is 11.1. The number of carbonyl (C=O) groups excluding carboxylic acids is 1. The third kappa shape index (κ3) is 4.06. The number of carbonyl (C=O) groups is 1. The maximum Gasteiger partial charge on any atom is 0.234 e. The Hall–Kier alpha value is -1.54. The Balaban J connectivity index is 1.59. The van der Waals surface area contributed by atoms with E-state index in [1.54, 1.807) is 29.5 Å². The summed E-state index contributed by atoms with van der Waals surface area (Å²) in [5, 5.41) is 12.9. The molecule has 0 atom stereocenters. The van der Waals surface area contributed by atoms with E-state index in [9.17, 15) is 4.79 Å². The van der Waals surface area contributed by atoms with Crippen molar-refractivity contribution in [2.45, 2.75) is 5.16 Å². The van der Waals surface area contributed by atoms with Crippen molar-refractivity contribution in [1.82, 2.24) is 15.2 Å². The fraction of sp³-hybridized carbons (Fsp3) is 0.0714. The van der Waals surface area contributed by atoms with Crippen molar-refractivity contribution in [2.24, 2.45) is 0 Å². The van der Waals surface area contributed by atoms with Crippen LogP contribution in [0.3, 0.4) is 0 Å². The number of thiophene rings is 1. The number of H-pyrrole nitrogens is 1. The van der Waals surface area contributed by atoms with E-state index in [1.807, 2.05) is 17.5 Å². The number of rotatable bonds is 5. The van der Waals surface area contributed by atoms with E-state index in [0.29, 0.717) is 26.7 Å². The van der Waals surface area contributed by atoms with Gasteiger partial charge in [0.1, 0.15) is 0 Å². The molecule has 0 fully saturated rings. The molecular weight excluding hydrogens is 375 g/mol. The molecule has 3 rings (SSSR count). The van der Waals surface area contributed by atoms with E-state index in [1.165, 1.54) is 11.8 Å². The molecule has 0 aliphatic rings. The van der Waals surface area contributed by atoms with E-state index in [4.69, 9.17) is 23.2 Å². The van der Waals surface area contributed by atoms with E-state index >= 15 is 0 Å². The molecular formula is C14H10Cl2N4OS2. The van der Waals surface area contributed by atoms with Gasteiger partial charge in [0.15, 0.2) is 5.82 Å². The molecule has 0 bridgehead atoms. The Labute approximate surface area is 150 Å². The van der Waals surface area contributed by atoms with Gasteiger partial charge in [0, 0.05) is 0 Å². The largest absolute Gasteiger partial charge is 0.323 e. The first-order valence-electron chi connectivity index (χ1n) is 6.46. The predicted octanol–water partition coefficient (Wildman–Crippen LogP) is 4.57. The average molecular weight is 385 g/mol. The van der Waals surface area contributed by atoms with Gasteiger partial charge in [-0.2, -0.15) is 0 Å². The molecule has 5 nitrogen and oxygen atoms in total. The topological polar surface area (TPSA) is 70.7 Å². The zero-order valence-electron chi connectivity index (χ0n) is 11.5. The number of benzene rings is 1. The molecule has 2 heterocycles. The summed E-state index contributed by atoms with van der Waals surface area (Å²) in [6.45, 7) is 0. The molecule has 1 aromatic carbocycles. The first kappa shape index (κ1) is 16.3. The van der Waals surface area contributed by atoms with Crippen LogP contribution in [0.1, 0.15) is 0 Å². The van der Waals surface area contributed by atoms with Gasteiger partial charge in [-0.05, 0) is 23.6 Å². The Morgan fingerprint density at radius 2 is 2.04 bits per heavy atom. The van der Waals surface area contributed by atoms with Crippen LogP contribution in [-0.2, 0) is 4.79 Å². The summed E-state index contributed by atoms with van der Waals surface area (Å²) in [5.41, 5.74) is 0.413. The quantitative estimate of drug-likeness (QED) is 0.631. The summed E-state index contributed by atoms with van der Waals surface area (Å²) < 4.78 is 0. The van der Waals surface area contributed by atoms with Gasteiger partial charge in [-0.15, -0.1) is 16.4 Å². The third-order valence-corrected chi connectivity index (χ3v) is 5.13. The van der Waals surface area contributed by atoms with Crippen molar-refractivity contribution in [1.29, 1.82) is 0 Å². The van der Waals surface area contributed by atoms with E-state index in [2.05, 4.69) is 20.5 Å². The highest BCUT2D eigenvalue weighted by atomic mass is 35.5. The molecule has 118 valence electrons. The van der Waals surface area contributed by atoms with E-state index in [0.717, 1.165) is 4.88 Å². The molecule has 0 unspecified atom stereocenters. The van der Waals surface area contributed by atoms with Crippen LogP contribution in [0.4, 0.5) is 5.69 Å². The summed E-state index contributed by atoms with van der Waals surface area (Å²) in [6.07, 6.45) is 0. The molecule has 0 radical (unpaired) electrons. The molecule has 1 amide bonds. The van der Waals surface area contributed by atoms with Gasteiger partial charge in [-0.3, -0.25) is 9.89 Å². The molecule has 2 N–H and O–H groups in total. The number of aromatic amines is 1. The lowest BCUT2D eigenvalue weighted by Gasteiger charge is -2.08. The standard InChI is InChI=1S/C14H10Cl2N4OS2/c15-8-3-1-4-9(16)12(8)17-11(21)7-23-14-18-13(19-20-14)10-5-2-6-22-10/h1-6H,7H2,(H,17,21)(H,18,19,20). The van der Waals surface area contributed by atoms with Crippen LogP contribution >= 0.6 is 46.3 Å². The highest BCUT2D eigenvalue weighted by molar-refractivity contribution is 7.99. The second-order valence-corrected chi connectivity index (χ2v) is 7.08. The second-order valence-electron chi connectivity index (χ2n) is 4.38. The number of aromatic nitrogens is 3. The minimum absolute atomic E-state index is 0.156. The van der Waals surface area contributed by atoms with Crippen LogP contribution in [-0.4, -0.2) is 26.8 Å². The van der Waals surface area contributed by atoms with Crippen molar-refractivity contribution in [2.75, 3.05) is 11.1 Å². The van der Waals surface area contributed by atoms with Crippen LogP contribution in [0, 0.1) is 0 Å². The minimum Gasteiger partial charge on any atom is -0.323 e. The van der Waals surface area contributed by atoms with Crippen LogP contribution < -0.4 is 5.32 Å². The first-order valence-corrected chi connectivity index (χ1v) is 9.08. The van der Waals surface area contributed by atoms with Crippen molar-refractivity contribution >= 4 is 57.9 Å². The van der Waals surface area contributed by atoms with Crippen LogP contribution in [0.5, 0.6) is 0 Å². The lowest BCUT2D eigenvalue weighted by Crippen LogP contribution is -2.14. The van der Waals surface area contributed by atoms with Gasteiger partial charge in [-0.25, -0.2) is 4.98 Å². The summed E-state index contributed by atoms with van der Waals surface area (Å²) in [6, 6.07) is 8.94. The van der Waals surface area contributed by atoms with Crippen LogP contribution in [0.25, 0.3) is 10.7 Å². The Bertz CT molecular complexity index is 800. The van der Waals surface area contributed by atoms with Crippen LogP contribution in [0.2, 0.25) is 10.0 Å². The number of amides is 1. The smallest absolute Gasteiger partial charge is 0.234 e. The summed E-state index contributed by atoms with van der Waals surface area (Å²) in [5.74, 6) is 0.619. The normalized spacial score (nSPS) is 10.7. The van der Waals surface area contributed by atoms with Crippen molar-refractivity contribution in [3.05, 3.63) is 45.8 Å². The highest BCUT2D eigenvalue weighted by Gasteiger charge is 2.12. The molecule has 9 heteroatoms. The molecule has 23 heavy (non-hydrogen) atoms. The fourth-order valence-corrected chi connectivity index (χ4v) is 3.51. The molecule has 0 aliphatic carbocycles. The minimum atomic E-state index is -0.229. The number of nitrogens with one attached hydrogen (secondary N) is 2. The number of hydrogen-bond acceptors (Lipinski definition) is 5. The van der Waals surface area contributed by atoms with Gasteiger partial charge in [0.05, 0.1) is 26.4 Å². The van der Waals surface area contributed by atoms with Gasteiger partial charge in [0.25, 0.3) is 0 Å². The Morgan fingerprint density at radius 3 is 2.74 bits per heavy atom. The summed E-state index contributed by atoms with van der Waals surface area (Å²) in [7, 11) is 0. The highest BCUT2D eigenvalue weighted by Crippen LogP contribution is 2.30. The molecule has 3 aromatic rings. The maximum atomic E-state index is 12.0. The second kappa shape index (κ2) is 7.35. The molecule has 0 spiro atoms. The van der Waals surface area contributed by atoms with Crippen molar-refractivity contribution in [3.63, 3.8) is 0 Å². The zero-order chi connectivity index (χ0) is 16.2. The average Bonchev–Trinajstić information content (AvgIpc) is 3.19. The van der Waals surface area contributed by atoms with E-state index < -0.39 is 0 Å². The lowest BCUT2D eigenvalue weighted by atomic mass is 10.3. The molecule has 0 saturated carbocycles. The summed E-state index contributed by atoms with van der Waals surface area (Å²) in [4.78, 5) is 17.4. The van der Waals surface area contributed by atoms with Crippen molar-refractivity contribution in [3.8, 4) is 10.7 Å². The van der Waals surface area contributed by atoms with Gasteiger partial charge < -0.3 is 5.32 Å². The monoisotopic (exact) mass is 384 g/mol. The van der Waals surface area contributed by atoms with Gasteiger partial charge in [0.2, 0.25) is 11.1 Å². The number of para-hydroxylation sites is 1. The molecule has 0 aliphatic heterocycles. The van der Waals surface area contributed by atoms with Crippen LogP contribution in [0.15, 0.2) is 40.9 Å². The SMILES string of the molecule is O=C(CSc1n[nH]c(-c2cccs2)n1)Nc1c(Cl)cccc1Cl. The Morgan fingerprint density at radius 1 is 1.26 bits per heavy atom. The van der Waals surface area contributed by atoms with Crippen molar-refractivity contribution < 1.29 is 4.79 Å². The third-order valence-electron chi connectivity index (χ3n) is 2.78. The number of anilines is 1. The number of hydrogen-bond donors (Lipinski definition) is 2. The lowest BCUT2D eigenvalue weighted by molar-refractivity contribution is -0.113. The van der Waals surface area contributed by atoms with Gasteiger partial charge >= 0.3 is 0 Å².